The van der Waals surface area contributed by atoms with E-state index in [2.05, 4.69) is 25.9 Å². The smallest absolute Gasteiger partial charge is 0.273 e. The molecule has 2 amide bonds. The van der Waals surface area contributed by atoms with Gasteiger partial charge >= 0.3 is 0 Å². The number of rotatable bonds is 7. The normalized spacial score (nSPS) is 11.0. The Bertz CT molecular complexity index is 1070. The quantitative estimate of drug-likeness (QED) is 0.502. The van der Waals surface area contributed by atoms with Crippen LogP contribution in [0, 0.1) is 5.92 Å². The zero-order chi connectivity index (χ0) is 21.8. The molecule has 0 spiro atoms. The third-order valence-corrected chi connectivity index (χ3v) is 5.00. The number of nitrogens with zero attached hydrogens (tertiary/aromatic N) is 3. The molecule has 3 rings (SSSR count). The number of hydrogen-bond donors (Lipinski definition) is 3. The van der Waals surface area contributed by atoms with E-state index < -0.39 is 5.91 Å². The van der Waals surface area contributed by atoms with Gasteiger partial charge in [-0.3, -0.25) is 19.4 Å². The van der Waals surface area contributed by atoms with Crippen LogP contribution in [0.4, 0.5) is 5.69 Å². The van der Waals surface area contributed by atoms with Crippen molar-refractivity contribution in [1.29, 1.82) is 0 Å². The van der Waals surface area contributed by atoms with E-state index in [4.69, 9.17) is 23.2 Å². The Morgan fingerprint density at radius 3 is 2.60 bits per heavy atom. The Kier molecular flexibility index (Phi) is 6.79. The minimum Gasteiger partial charge on any atom is -0.350 e. The van der Waals surface area contributed by atoms with E-state index in [9.17, 15) is 9.59 Å². The molecule has 0 aliphatic rings. The molecule has 0 fully saturated rings. The minimum atomic E-state index is -0.442. The van der Waals surface area contributed by atoms with E-state index in [1.54, 1.807) is 35.1 Å². The van der Waals surface area contributed by atoms with E-state index in [1.165, 1.54) is 0 Å². The van der Waals surface area contributed by atoms with E-state index in [1.807, 2.05) is 20.8 Å². The number of carbonyl (C=O) groups excluding carboxylic acids is 2. The summed E-state index contributed by atoms with van der Waals surface area (Å²) in [5.74, 6) is -0.486. The Balaban J connectivity index is 1.79. The number of benzene rings is 1. The average Bonchev–Trinajstić information content (AvgIpc) is 3.35. The van der Waals surface area contributed by atoms with Crippen molar-refractivity contribution in [2.45, 2.75) is 27.3 Å². The van der Waals surface area contributed by atoms with Crippen LogP contribution < -0.4 is 10.6 Å². The first kappa shape index (κ1) is 21.9. The topological polar surface area (TPSA) is 105 Å². The van der Waals surface area contributed by atoms with Crippen LogP contribution in [0.2, 0.25) is 10.0 Å². The second-order valence-corrected chi connectivity index (χ2v) is 7.92. The largest absolute Gasteiger partial charge is 0.350 e. The number of amides is 2. The maximum absolute atomic E-state index is 12.7. The van der Waals surface area contributed by atoms with Gasteiger partial charge in [0.1, 0.15) is 5.69 Å². The zero-order valence-corrected chi connectivity index (χ0v) is 18.3. The molecule has 30 heavy (non-hydrogen) atoms. The minimum absolute atomic E-state index is 0.162. The van der Waals surface area contributed by atoms with Crippen molar-refractivity contribution in [3.05, 3.63) is 51.9 Å². The molecule has 158 valence electrons. The molecule has 0 unspecified atom stereocenters. The van der Waals surface area contributed by atoms with Crippen molar-refractivity contribution < 1.29 is 9.59 Å². The zero-order valence-electron chi connectivity index (χ0n) is 16.8. The fourth-order valence-electron chi connectivity index (χ4n) is 2.65. The molecular formula is C20H22Cl2N6O2. The SMILES string of the molecule is CCn1cc(NC(=O)c2cc(-c3ccc(Cl)c(Cl)c3)n[nH]2)c(C(=O)NCC(C)C)n1. The lowest BCUT2D eigenvalue weighted by molar-refractivity contribution is 0.0944. The molecule has 8 nitrogen and oxygen atoms in total. The average molecular weight is 449 g/mol. The van der Waals surface area contributed by atoms with Gasteiger partial charge in [0.25, 0.3) is 11.8 Å². The molecule has 3 aromatic rings. The summed E-state index contributed by atoms with van der Waals surface area (Å²) in [7, 11) is 0. The molecule has 1 aromatic carbocycles. The summed E-state index contributed by atoms with van der Waals surface area (Å²) in [4.78, 5) is 25.2. The third kappa shape index (κ3) is 5.01. The highest BCUT2D eigenvalue weighted by Gasteiger charge is 2.20. The molecule has 0 atom stereocenters. The van der Waals surface area contributed by atoms with Crippen LogP contribution in [0.5, 0.6) is 0 Å². The summed E-state index contributed by atoms with van der Waals surface area (Å²) in [5.41, 5.74) is 1.97. The van der Waals surface area contributed by atoms with Crippen LogP contribution in [0.15, 0.2) is 30.5 Å². The highest BCUT2D eigenvalue weighted by atomic mass is 35.5. The van der Waals surface area contributed by atoms with Crippen LogP contribution in [-0.2, 0) is 6.54 Å². The lowest BCUT2D eigenvalue weighted by Crippen LogP contribution is -2.28. The highest BCUT2D eigenvalue weighted by molar-refractivity contribution is 6.42. The Morgan fingerprint density at radius 1 is 1.17 bits per heavy atom. The first-order chi connectivity index (χ1) is 14.3. The van der Waals surface area contributed by atoms with E-state index in [-0.39, 0.29) is 17.3 Å². The molecule has 0 bridgehead atoms. The fraction of sp³-hybridized carbons (Fsp3) is 0.300. The van der Waals surface area contributed by atoms with Gasteiger partial charge < -0.3 is 10.6 Å². The van der Waals surface area contributed by atoms with E-state index in [0.717, 1.165) is 0 Å². The number of nitrogens with one attached hydrogen (secondary N) is 3. The maximum atomic E-state index is 12.7. The fourth-order valence-corrected chi connectivity index (χ4v) is 2.95. The van der Waals surface area contributed by atoms with Crippen LogP contribution in [0.25, 0.3) is 11.3 Å². The Hall–Kier alpha value is -2.84. The van der Waals surface area contributed by atoms with Gasteiger partial charge in [-0.1, -0.05) is 43.1 Å². The van der Waals surface area contributed by atoms with Gasteiger partial charge in [0.15, 0.2) is 5.69 Å². The number of anilines is 1. The number of halogens is 2. The number of aromatic nitrogens is 4. The van der Waals surface area contributed by atoms with Gasteiger partial charge in [0.05, 0.1) is 21.4 Å². The summed E-state index contributed by atoms with van der Waals surface area (Å²) in [5, 5.41) is 17.5. The van der Waals surface area contributed by atoms with Crippen LogP contribution in [0.3, 0.4) is 0 Å². The number of carbonyl (C=O) groups is 2. The van der Waals surface area contributed by atoms with Crippen molar-refractivity contribution in [2.75, 3.05) is 11.9 Å². The van der Waals surface area contributed by atoms with Gasteiger partial charge in [-0.05, 0) is 31.0 Å². The number of aromatic amines is 1. The Labute approximate surface area is 183 Å². The maximum Gasteiger partial charge on any atom is 0.273 e. The van der Waals surface area contributed by atoms with Crippen molar-refractivity contribution in [3.63, 3.8) is 0 Å². The molecule has 10 heteroatoms. The first-order valence-electron chi connectivity index (χ1n) is 9.46. The third-order valence-electron chi connectivity index (χ3n) is 4.26. The molecule has 0 radical (unpaired) electrons. The standard InChI is InChI=1S/C20H22Cl2N6O2/c1-4-28-10-17(18(27-28)20(30)23-9-11(2)3)24-19(29)16-8-15(25-26-16)12-5-6-13(21)14(22)7-12/h5-8,10-11H,4,9H2,1-3H3,(H,23,30)(H,24,29)(H,25,26). The number of H-pyrrole nitrogens is 1. The molecule has 0 saturated heterocycles. The van der Waals surface area contributed by atoms with Crippen LogP contribution in [0.1, 0.15) is 41.7 Å². The van der Waals surface area contributed by atoms with E-state index >= 15 is 0 Å². The molecule has 2 aromatic heterocycles. The number of hydrogen-bond acceptors (Lipinski definition) is 4. The molecule has 2 heterocycles. The summed E-state index contributed by atoms with van der Waals surface area (Å²) in [6, 6.07) is 6.69. The molecular weight excluding hydrogens is 427 g/mol. The summed E-state index contributed by atoms with van der Waals surface area (Å²) < 4.78 is 1.59. The van der Waals surface area contributed by atoms with Gasteiger partial charge in [0, 0.05) is 24.8 Å². The molecule has 3 N–H and O–H groups in total. The monoisotopic (exact) mass is 448 g/mol. The molecule has 0 aliphatic heterocycles. The van der Waals surface area contributed by atoms with Gasteiger partial charge in [0.2, 0.25) is 0 Å². The summed E-state index contributed by atoms with van der Waals surface area (Å²) >= 11 is 12.0. The predicted molar refractivity (Wildman–Crippen MR) is 117 cm³/mol. The van der Waals surface area contributed by atoms with Crippen molar-refractivity contribution >= 4 is 40.7 Å². The van der Waals surface area contributed by atoms with Gasteiger partial charge in [-0.25, -0.2) is 0 Å². The van der Waals surface area contributed by atoms with Crippen LogP contribution >= 0.6 is 23.2 Å². The second-order valence-electron chi connectivity index (χ2n) is 7.10. The predicted octanol–water partition coefficient (Wildman–Crippen LogP) is 4.24. The van der Waals surface area contributed by atoms with Crippen molar-refractivity contribution in [1.82, 2.24) is 25.3 Å². The molecule has 0 aliphatic carbocycles. The summed E-state index contributed by atoms with van der Waals surface area (Å²) in [6.07, 6.45) is 1.62. The second kappa shape index (κ2) is 9.32. The molecule has 0 saturated carbocycles. The number of aryl methyl sites for hydroxylation is 1. The summed E-state index contributed by atoms with van der Waals surface area (Å²) in [6.45, 7) is 6.96. The van der Waals surface area contributed by atoms with Crippen LogP contribution in [-0.4, -0.2) is 38.3 Å². The lowest BCUT2D eigenvalue weighted by Gasteiger charge is -2.07. The van der Waals surface area contributed by atoms with E-state index in [0.29, 0.717) is 46.0 Å². The Morgan fingerprint density at radius 2 is 1.93 bits per heavy atom. The van der Waals surface area contributed by atoms with Gasteiger partial charge in [-0.2, -0.15) is 10.2 Å². The van der Waals surface area contributed by atoms with Crippen molar-refractivity contribution in [3.8, 4) is 11.3 Å². The van der Waals surface area contributed by atoms with Gasteiger partial charge in [-0.15, -0.1) is 0 Å². The van der Waals surface area contributed by atoms with Crippen molar-refractivity contribution in [2.24, 2.45) is 5.92 Å². The first-order valence-corrected chi connectivity index (χ1v) is 10.2. The highest BCUT2D eigenvalue weighted by Crippen LogP contribution is 2.28. The lowest BCUT2D eigenvalue weighted by atomic mass is 10.1.